The minimum absolute atomic E-state index is 0.263. The monoisotopic (exact) mass is 297 g/mol. The number of benzene rings is 1. The van der Waals surface area contributed by atoms with Crippen LogP contribution < -0.4 is 0 Å². The summed E-state index contributed by atoms with van der Waals surface area (Å²) in [6, 6.07) is 10.4. The van der Waals surface area contributed by atoms with Crippen LogP contribution >= 0.6 is 0 Å². The van der Waals surface area contributed by atoms with Crippen molar-refractivity contribution >= 4 is 11.1 Å². The Balaban J connectivity index is 1.49. The van der Waals surface area contributed by atoms with Gasteiger partial charge in [-0.2, -0.15) is 0 Å². The van der Waals surface area contributed by atoms with Crippen LogP contribution in [0.1, 0.15) is 23.9 Å². The lowest BCUT2D eigenvalue weighted by molar-refractivity contribution is 0.317. The Labute approximate surface area is 127 Å². The summed E-state index contributed by atoms with van der Waals surface area (Å²) in [6.45, 7) is 2.73. The molecule has 0 N–H and O–H groups in total. The van der Waals surface area contributed by atoms with Crippen molar-refractivity contribution in [3.63, 3.8) is 0 Å². The van der Waals surface area contributed by atoms with Crippen molar-refractivity contribution in [1.29, 1.82) is 0 Å². The van der Waals surface area contributed by atoms with Crippen LogP contribution in [0.2, 0.25) is 0 Å². The lowest BCUT2D eigenvalue weighted by atomic mass is 10.1. The van der Waals surface area contributed by atoms with Crippen LogP contribution in [0.15, 0.2) is 47.0 Å². The van der Waals surface area contributed by atoms with Crippen molar-refractivity contribution in [3.8, 4) is 0 Å². The molecule has 3 heterocycles. The number of hydrogen-bond donors (Lipinski definition) is 0. The topological polar surface area (TPSA) is 42.2 Å². The molecule has 1 saturated heterocycles. The van der Waals surface area contributed by atoms with E-state index >= 15 is 0 Å². The highest BCUT2D eigenvalue weighted by atomic mass is 19.1. The van der Waals surface area contributed by atoms with Gasteiger partial charge in [0.2, 0.25) is 0 Å². The molecule has 1 atom stereocenters. The highest BCUT2D eigenvalue weighted by Crippen LogP contribution is 2.30. The Bertz CT molecular complexity index is 787. The van der Waals surface area contributed by atoms with Crippen molar-refractivity contribution < 1.29 is 8.81 Å². The van der Waals surface area contributed by atoms with E-state index in [0.29, 0.717) is 17.0 Å². The van der Waals surface area contributed by atoms with Crippen molar-refractivity contribution in [2.75, 3.05) is 13.1 Å². The van der Waals surface area contributed by atoms with Gasteiger partial charge in [-0.1, -0.05) is 6.07 Å². The van der Waals surface area contributed by atoms with Gasteiger partial charge < -0.3 is 4.42 Å². The summed E-state index contributed by atoms with van der Waals surface area (Å²) in [5.41, 5.74) is 2.32. The molecule has 1 aliphatic rings. The van der Waals surface area contributed by atoms with Gasteiger partial charge in [0.15, 0.2) is 11.5 Å². The van der Waals surface area contributed by atoms with E-state index in [1.165, 1.54) is 12.1 Å². The number of nitrogens with zero attached hydrogens (tertiary/aromatic N) is 3. The normalized spacial score (nSPS) is 19.0. The SMILES string of the molecule is Fc1ccc2oc(C3CCN(Cc4ccccn4)C3)nc2c1. The number of halogens is 1. The van der Waals surface area contributed by atoms with Gasteiger partial charge in [-0.15, -0.1) is 0 Å². The Morgan fingerprint density at radius 3 is 3.09 bits per heavy atom. The van der Waals surface area contributed by atoms with E-state index in [0.717, 1.165) is 31.7 Å². The van der Waals surface area contributed by atoms with Crippen LogP contribution in [0.4, 0.5) is 4.39 Å². The van der Waals surface area contributed by atoms with Crippen molar-refractivity contribution in [1.82, 2.24) is 14.9 Å². The van der Waals surface area contributed by atoms with Crippen LogP contribution in [0, 0.1) is 5.82 Å². The molecule has 1 fully saturated rings. The van der Waals surface area contributed by atoms with E-state index < -0.39 is 0 Å². The van der Waals surface area contributed by atoms with Gasteiger partial charge in [-0.3, -0.25) is 9.88 Å². The van der Waals surface area contributed by atoms with Gasteiger partial charge in [0, 0.05) is 31.3 Å². The Hall–Kier alpha value is -2.27. The summed E-state index contributed by atoms with van der Waals surface area (Å²) in [4.78, 5) is 11.2. The third-order valence-electron chi connectivity index (χ3n) is 4.10. The van der Waals surface area contributed by atoms with E-state index in [2.05, 4.69) is 14.9 Å². The third kappa shape index (κ3) is 2.60. The molecule has 0 radical (unpaired) electrons. The zero-order valence-corrected chi connectivity index (χ0v) is 12.1. The molecular formula is C17H16FN3O. The van der Waals surface area contributed by atoms with E-state index in [1.54, 1.807) is 6.07 Å². The summed E-state index contributed by atoms with van der Waals surface area (Å²) in [7, 11) is 0. The highest BCUT2D eigenvalue weighted by molar-refractivity contribution is 5.72. The fourth-order valence-corrected chi connectivity index (χ4v) is 2.99. The predicted octanol–water partition coefficient (Wildman–Crippen LogP) is 3.35. The lowest BCUT2D eigenvalue weighted by Gasteiger charge is -2.14. The maximum Gasteiger partial charge on any atom is 0.199 e. The molecule has 0 saturated carbocycles. The molecule has 0 amide bonds. The first kappa shape index (κ1) is 13.4. The highest BCUT2D eigenvalue weighted by Gasteiger charge is 2.28. The standard InChI is InChI=1S/C17H16FN3O/c18-13-4-5-16-15(9-13)20-17(22-16)12-6-8-21(10-12)11-14-3-1-2-7-19-14/h1-5,7,9,12H,6,8,10-11H2. The zero-order valence-electron chi connectivity index (χ0n) is 12.1. The van der Waals surface area contributed by atoms with Crippen LogP contribution in [-0.4, -0.2) is 28.0 Å². The average Bonchev–Trinajstić information content (AvgIpc) is 3.14. The number of oxazole rings is 1. The molecule has 0 spiro atoms. The van der Waals surface area contributed by atoms with Gasteiger partial charge in [0.1, 0.15) is 11.3 Å². The van der Waals surface area contributed by atoms with Crippen molar-refractivity contribution in [2.45, 2.75) is 18.9 Å². The second-order valence-corrected chi connectivity index (χ2v) is 5.71. The summed E-state index contributed by atoms with van der Waals surface area (Å²) >= 11 is 0. The molecule has 1 unspecified atom stereocenters. The maximum atomic E-state index is 13.2. The second-order valence-electron chi connectivity index (χ2n) is 5.71. The van der Waals surface area contributed by atoms with E-state index in [1.807, 2.05) is 24.4 Å². The first-order valence-electron chi connectivity index (χ1n) is 7.46. The quantitative estimate of drug-likeness (QED) is 0.743. The first-order chi connectivity index (χ1) is 10.8. The number of fused-ring (bicyclic) bond motifs is 1. The third-order valence-corrected chi connectivity index (χ3v) is 4.10. The summed E-state index contributed by atoms with van der Waals surface area (Å²) in [6.07, 6.45) is 2.82. The number of aromatic nitrogens is 2. The molecular weight excluding hydrogens is 281 g/mol. The molecule has 1 aromatic carbocycles. The van der Waals surface area contributed by atoms with Gasteiger partial charge >= 0.3 is 0 Å². The minimum Gasteiger partial charge on any atom is -0.440 e. The average molecular weight is 297 g/mol. The number of hydrogen-bond acceptors (Lipinski definition) is 4. The van der Waals surface area contributed by atoms with Gasteiger partial charge in [-0.25, -0.2) is 9.37 Å². The van der Waals surface area contributed by atoms with Crippen LogP contribution in [-0.2, 0) is 6.54 Å². The van der Waals surface area contributed by atoms with Crippen molar-refractivity contribution in [2.24, 2.45) is 0 Å². The van der Waals surface area contributed by atoms with Gasteiger partial charge in [-0.05, 0) is 37.2 Å². The smallest absolute Gasteiger partial charge is 0.199 e. The molecule has 3 aromatic rings. The van der Waals surface area contributed by atoms with Gasteiger partial charge in [0.25, 0.3) is 0 Å². The second kappa shape index (κ2) is 5.50. The maximum absolute atomic E-state index is 13.2. The van der Waals surface area contributed by atoms with E-state index in [9.17, 15) is 4.39 Å². The Morgan fingerprint density at radius 2 is 2.23 bits per heavy atom. The Kier molecular flexibility index (Phi) is 3.35. The first-order valence-corrected chi connectivity index (χ1v) is 7.46. The molecule has 112 valence electrons. The molecule has 4 nitrogen and oxygen atoms in total. The molecule has 2 aromatic heterocycles. The van der Waals surface area contributed by atoms with Crippen molar-refractivity contribution in [3.05, 3.63) is 60.0 Å². The lowest BCUT2D eigenvalue weighted by Crippen LogP contribution is -2.20. The fourth-order valence-electron chi connectivity index (χ4n) is 2.99. The summed E-state index contributed by atoms with van der Waals surface area (Å²) in [5.74, 6) is 0.693. The number of pyridine rings is 1. The van der Waals surface area contributed by atoms with E-state index in [-0.39, 0.29) is 11.7 Å². The van der Waals surface area contributed by atoms with Gasteiger partial charge in [0.05, 0.1) is 5.69 Å². The molecule has 1 aliphatic heterocycles. The zero-order chi connectivity index (χ0) is 14.9. The number of likely N-dealkylation sites (tertiary alicyclic amines) is 1. The molecule has 22 heavy (non-hydrogen) atoms. The Morgan fingerprint density at radius 1 is 1.27 bits per heavy atom. The minimum atomic E-state index is -0.282. The molecule has 0 bridgehead atoms. The predicted molar refractivity (Wildman–Crippen MR) is 80.8 cm³/mol. The van der Waals surface area contributed by atoms with Crippen LogP contribution in [0.25, 0.3) is 11.1 Å². The fraction of sp³-hybridized carbons (Fsp3) is 0.294. The van der Waals surface area contributed by atoms with Crippen LogP contribution in [0.5, 0.6) is 0 Å². The summed E-state index contributed by atoms with van der Waals surface area (Å²) < 4.78 is 19.0. The molecule has 0 aliphatic carbocycles. The molecule has 4 rings (SSSR count). The molecule has 5 heteroatoms. The number of rotatable bonds is 3. The largest absolute Gasteiger partial charge is 0.440 e. The summed E-state index contributed by atoms with van der Waals surface area (Å²) in [5, 5.41) is 0. The van der Waals surface area contributed by atoms with Crippen LogP contribution in [0.3, 0.4) is 0 Å². The van der Waals surface area contributed by atoms with E-state index in [4.69, 9.17) is 4.42 Å².